The van der Waals surface area contributed by atoms with Gasteiger partial charge >= 0.3 is 12.1 Å². The van der Waals surface area contributed by atoms with E-state index in [4.69, 9.17) is 14.6 Å². The number of para-hydroxylation sites is 1. The van der Waals surface area contributed by atoms with Crippen LogP contribution in [0.15, 0.2) is 60.7 Å². The highest BCUT2D eigenvalue weighted by Crippen LogP contribution is 2.30. The van der Waals surface area contributed by atoms with E-state index in [0.29, 0.717) is 12.3 Å². The van der Waals surface area contributed by atoms with Crippen molar-refractivity contribution in [2.24, 2.45) is 0 Å². The lowest BCUT2D eigenvalue weighted by Crippen LogP contribution is -2.21. The molecule has 1 heterocycles. The molecule has 174 valence electrons. The molecule has 3 aromatic carbocycles. The molecular weight excluding hydrogens is 445 g/mol. The molecule has 0 radical (unpaired) electrons. The molecule has 4 nitrogen and oxygen atoms in total. The molecule has 1 aliphatic rings. The van der Waals surface area contributed by atoms with Crippen LogP contribution in [0.1, 0.15) is 11.1 Å². The van der Waals surface area contributed by atoms with Crippen molar-refractivity contribution >= 4 is 28.1 Å². The molecule has 0 unspecified atom stereocenters. The summed E-state index contributed by atoms with van der Waals surface area (Å²) >= 11 is 0. The summed E-state index contributed by atoms with van der Waals surface area (Å²) in [6.07, 6.45) is -4.28. The third-order valence-electron chi connectivity index (χ3n) is 5.01. The van der Waals surface area contributed by atoms with Crippen molar-refractivity contribution in [2.45, 2.75) is 12.6 Å². The Hall–Kier alpha value is -3.49. The average Bonchev–Trinajstić information content (AvgIpc) is 3.16. The summed E-state index contributed by atoms with van der Waals surface area (Å²) < 4.78 is 64.6. The van der Waals surface area contributed by atoms with E-state index in [9.17, 15) is 22.0 Å². The lowest BCUT2D eigenvalue weighted by atomic mass is 10.0. The number of alkyl halides is 5. The summed E-state index contributed by atoms with van der Waals surface area (Å²) in [4.78, 5) is 8.90. The summed E-state index contributed by atoms with van der Waals surface area (Å²) in [5.41, 5.74) is 4.55. The zero-order chi connectivity index (χ0) is 24.0. The zero-order valence-electron chi connectivity index (χ0n) is 17.4. The van der Waals surface area contributed by atoms with Crippen LogP contribution in [0.4, 0.5) is 27.6 Å². The summed E-state index contributed by atoms with van der Waals surface area (Å²) in [6.45, 7) is -0.459. The first-order valence-electron chi connectivity index (χ1n) is 10.0. The number of rotatable bonds is 6. The maximum Gasteiger partial charge on any atom is 0.490 e. The van der Waals surface area contributed by atoms with Gasteiger partial charge in [0.25, 0.3) is 0 Å². The first-order valence-corrected chi connectivity index (χ1v) is 10.0. The van der Waals surface area contributed by atoms with Gasteiger partial charge in [0.2, 0.25) is 5.69 Å². The fourth-order valence-corrected chi connectivity index (χ4v) is 3.59. The molecule has 0 saturated heterocycles. The monoisotopic (exact) mass is 466 g/mol. The van der Waals surface area contributed by atoms with Gasteiger partial charge in [0.15, 0.2) is 12.3 Å². The summed E-state index contributed by atoms with van der Waals surface area (Å²) in [5.74, 6) is -2.09. The van der Waals surface area contributed by atoms with Gasteiger partial charge in [-0.15, -0.1) is 0 Å². The summed E-state index contributed by atoms with van der Waals surface area (Å²) in [7, 11) is 0. The molecule has 3 aromatic rings. The molecule has 0 amide bonds. The van der Waals surface area contributed by atoms with Crippen LogP contribution in [0.3, 0.4) is 0 Å². The van der Waals surface area contributed by atoms with Crippen molar-refractivity contribution in [3.63, 3.8) is 0 Å². The average molecular weight is 466 g/mol. The van der Waals surface area contributed by atoms with Crippen molar-refractivity contribution in [1.82, 2.24) is 0 Å². The predicted molar refractivity (Wildman–Crippen MR) is 114 cm³/mol. The fraction of sp³-hybridized carbons (Fsp3) is 0.250. The standard InChI is InChI=1S/C22H20F2NO.C2HF3O2/c23-9-11-25-21-4-2-1-3-18(21)15-22(25)19-6-5-17-14-20(26-12-10-24)8-7-16(17)13-19;3-2(4,5)1(6)7/h1-8,13-14H,9-12,15H2;(H,6,7)/q+1;. The molecule has 0 fully saturated rings. The lowest BCUT2D eigenvalue weighted by molar-refractivity contribution is -0.438. The number of nitrogens with zero attached hydrogens (tertiary/aromatic N) is 1. The van der Waals surface area contributed by atoms with Gasteiger partial charge in [0.1, 0.15) is 25.7 Å². The van der Waals surface area contributed by atoms with E-state index in [0.717, 1.165) is 34.2 Å². The first kappa shape index (κ1) is 24.2. The first-order chi connectivity index (χ1) is 15.7. The van der Waals surface area contributed by atoms with E-state index in [1.54, 1.807) is 0 Å². The quantitative estimate of drug-likeness (QED) is 0.387. The number of benzene rings is 3. The second-order valence-corrected chi connectivity index (χ2v) is 7.16. The second-order valence-electron chi connectivity index (χ2n) is 7.16. The van der Waals surface area contributed by atoms with E-state index >= 15 is 0 Å². The third-order valence-corrected chi connectivity index (χ3v) is 5.01. The van der Waals surface area contributed by atoms with Crippen LogP contribution < -0.4 is 4.74 Å². The van der Waals surface area contributed by atoms with Gasteiger partial charge in [-0.1, -0.05) is 30.3 Å². The summed E-state index contributed by atoms with van der Waals surface area (Å²) in [5, 5.41) is 9.25. The Bertz CT molecular complexity index is 1170. The minimum atomic E-state index is -5.08. The molecule has 0 aliphatic carbocycles. The second kappa shape index (κ2) is 10.4. The Kier molecular flexibility index (Phi) is 7.63. The van der Waals surface area contributed by atoms with Crippen LogP contribution in [0, 0.1) is 0 Å². The number of carboxylic acid groups (broad SMARTS) is 1. The van der Waals surface area contributed by atoms with Crippen LogP contribution in [-0.2, 0) is 11.2 Å². The fourth-order valence-electron chi connectivity index (χ4n) is 3.59. The third kappa shape index (κ3) is 5.85. The minimum Gasteiger partial charge on any atom is -0.491 e. The maximum atomic E-state index is 13.1. The van der Waals surface area contributed by atoms with Gasteiger partial charge in [-0.3, -0.25) is 0 Å². The van der Waals surface area contributed by atoms with Gasteiger partial charge in [-0.25, -0.2) is 13.6 Å². The van der Waals surface area contributed by atoms with Crippen molar-refractivity contribution in [3.8, 4) is 5.75 Å². The molecular formula is C24H21F5NO3+. The Morgan fingerprint density at radius 2 is 1.64 bits per heavy atom. The number of ether oxygens (including phenoxy) is 1. The number of halogens is 5. The predicted octanol–water partition coefficient (Wildman–Crippen LogP) is 5.48. The van der Waals surface area contributed by atoms with Crippen molar-refractivity contribution in [2.75, 3.05) is 26.5 Å². The number of fused-ring (bicyclic) bond motifs is 2. The number of hydrogen-bond acceptors (Lipinski definition) is 2. The van der Waals surface area contributed by atoms with Crippen molar-refractivity contribution in [3.05, 3.63) is 71.8 Å². The van der Waals surface area contributed by atoms with Crippen LogP contribution >= 0.6 is 0 Å². The highest BCUT2D eigenvalue weighted by Gasteiger charge is 2.38. The smallest absolute Gasteiger partial charge is 0.490 e. The van der Waals surface area contributed by atoms with E-state index < -0.39 is 18.8 Å². The number of aliphatic carboxylic acids is 1. The topological polar surface area (TPSA) is 49.5 Å². The van der Waals surface area contributed by atoms with Gasteiger partial charge in [-0.2, -0.15) is 17.7 Å². The van der Waals surface area contributed by atoms with Gasteiger partial charge < -0.3 is 9.84 Å². The zero-order valence-corrected chi connectivity index (χ0v) is 17.4. The number of hydrogen-bond donors (Lipinski definition) is 1. The van der Waals surface area contributed by atoms with Crippen LogP contribution in [0.2, 0.25) is 0 Å². The number of carbonyl (C=O) groups is 1. The largest absolute Gasteiger partial charge is 0.491 e. The lowest BCUT2D eigenvalue weighted by Gasteiger charge is -2.07. The van der Waals surface area contributed by atoms with Gasteiger partial charge in [0, 0.05) is 17.2 Å². The Morgan fingerprint density at radius 1 is 0.970 bits per heavy atom. The SMILES string of the molecule is FCCOc1ccc2cc(C3=[N+](CCF)c4ccccc4C3)ccc2c1.O=C(O)C(F)(F)F. The van der Waals surface area contributed by atoms with Gasteiger partial charge in [0.05, 0.1) is 6.42 Å². The van der Waals surface area contributed by atoms with E-state index in [1.807, 2.05) is 42.5 Å². The molecule has 0 saturated carbocycles. The van der Waals surface area contributed by atoms with Gasteiger partial charge in [-0.05, 0) is 35.0 Å². The van der Waals surface area contributed by atoms with E-state index in [2.05, 4.69) is 22.8 Å². The van der Waals surface area contributed by atoms with E-state index in [1.165, 1.54) is 5.56 Å². The molecule has 1 aliphatic heterocycles. The van der Waals surface area contributed by atoms with Crippen LogP contribution in [0.5, 0.6) is 5.75 Å². The molecule has 0 aromatic heterocycles. The molecule has 33 heavy (non-hydrogen) atoms. The highest BCUT2D eigenvalue weighted by molar-refractivity contribution is 6.04. The molecule has 4 rings (SSSR count). The molecule has 1 N–H and O–H groups in total. The Balaban J connectivity index is 0.000000383. The maximum absolute atomic E-state index is 13.1. The normalized spacial score (nSPS) is 12.9. The Labute approximate surface area is 186 Å². The summed E-state index contributed by atoms with van der Waals surface area (Å²) in [6, 6.07) is 20.1. The minimum absolute atomic E-state index is 0.0674. The molecule has 0 spiro atoms. The van der Waals surface area contributed by atoms with Crippen molar-refractivity contribution in [1.29, 1.82) is 0 Å². The number of carboxylic acids is 1. The molecule has 9 heteroatoms. The molecule has 0 bridgehead atoms. The Morgan fingerprint density at radius 3 is 2.30 bits per heavy atom. The van der Waals surface area contributed by atoms with E-state index in [-0.39, 0.29) is 13.3 Å². The van der Waals surface area contributed by atoms with Crippen LogP contribution in [0.25, 0.3) is 10.8 Å². The molecule has 0 atom stereocenters. The van der Waals surface area contributed by atoms with Crippen molar-refractivity contribution < 1.29 is 41.2 Å². The van der Waals surface area contributed by atoms with Crippen LogP contribution in [-0.4, -0.2) is 54.0 Å². The highest BCUT2D eigenvalue weighted by atomic mass is 19.4.